The van der Waals surface area contributed by atoms with Crippen LogP contribution in [0.25, 0.3) is 10.9 Å². The number of nitrogens with one attached hydrogen (secondary N) is 1. The van der Waals surface area contributed by atoms with Crippen molar-refractivity contribution >= 4 is 28.2 Å². The first kappa shape index (κ1) is 22.6. The first-order chi connectivity index (χ1) is 16.6. The van der Waals surface area contributed by atoms with Crippen molar-refractivity contribution < 1.29 is 14.6 Å². The molecule has 0 atom stereocenters. The van der Waals surface area contributed by atoms with Gasteiger partial charge < -0.3 is 20.1 Å². The van der Waals surface area contributed by atoms with Gasteiger partial charge in [-0.05, 0) is 67.6 Å². The fourth-order valence-electron chi connectivity index (χ4n) is 4.96. The molecule has 0 saturated carbocycles. The number of rotatable bonds is 5. The third-order valence-corrected chi connectivity index (χ3v) is 6.73. The number of aryl methyl sites for hydroxylation is 1. The van der Waals surface area contributed by atoms with E-state index in [4.69, 9.17) is 4.74 Å². The third-order valence-electron chi connectivity index (χ3n) is 6.73. The minimum Gasteiger partial charge on any atom is -0.493 e. The lowest BCUT2D eigenvalue weighted by atomic mass is 10.1. The monoisotopic (exact) mass is 460 g/mol. The van der Waals surface area contributed by atoms with E-state index in [2.05, 4.69) is 38.3 Å². The summed E-state index contributed by atoms with van der Waals surface area (Å²) in [5.41, 5.74) is 5.20. The number of hydrogen-bond acceptors (Lipinski definition) is 6. The number of aromatic nitrogens is 1. The van der Waals surface area contributed by atoms with Crippen molar-refractivity contribution in [3.8, 4) is 5.88 Å². The highest BCUT2D eigenvalue weighted by atomic mass is 16.5. The standard InChI is InChI=1S/C27H32N4O3/c1-19-15-26(32)29-24-7-6-21(17-22(19)24)28-27(33)23-16-20(18-30-9-4-13-34-14-12-30)5-8-25(23)31-10-2-3-11-31/h5-8,15-17H,2-4,9-14,18H2,1H3,(H,28,33)(H,29,32). The molecule has 5 rings (SSSR count). The van der Waals surface area contributed by atoms with E-state index in [1.807, 2.05) is 25.1 Å². The van der Waals surface area contributed by atoms with E-state index in [1.54, 1.807) is 6.07 Å². The zero-order valence-corrected chi connectivity index (χ0v) is 19.7. The Labute approximate surface area is 200 Å². The van der Waals surface area contributed by atoms with E-state index in [0.29, 0.717) is 11.1 Å². The van der Waals surface area contributed by atoms with Crippen LogP contribution in [-0.2, 0) is 11.3 Å². The molecule has 0 aliphatic carbocycles. The number of fused-ring (bicyclic) bond motifs is 1. The largest absolute Gasteiger partial charge is 0.493 e. The highest BCUT2D eigenvalue weighted by Gasteiger charge is 2.21. The van der Waals surface area contributed by atoms with Gasteiger partial charge in [-0.2, -0.15) is 0 Å². The third kappa shape index (κ3) is 5.00. The van der Waals surface area contributed by atoms with Crippen molar-refractivity contribution in [1.82, 2.24) is 9.88 Å². The first-order valence-electron chi connectivity index (χ1n) is 12.2. The van der Waals surface area contributed by atoms with Gasteiger partial charge in [-0.15, -0.1) is 0 Å². The van der Waals surface area contributed by atoms with Gasteiger partial charge in [-0.25, -0.2) is 4.98 Å². The maximum absolute atomic E-state index is 13.5. The van der Waals surface area contributed by atoms with E-state index in [0.717, 1.165) is 93.1 Å². The number of anilines is 2. The van der Waals surface area contributed by atoms with Gasteiger partial charge in [0.15, 0.2) is 0 Å². The Morgan fingerprint density at radius 2 is 1.88 bits per heavy atom. The molecule has 2 aliphatic heterocycles. The lowest BCUT2D eigenvalue weighted by molar-refractivity contribution is 0.102. The summed E-state index contributed by atoms with van der Waals surface area (Å²) in [4.78, 5) is 22.4. The van der Waals surface area contributed by atoms with Crippen LogP contribution in [-0.4, -0.2) is 60.3 Å². The fourth-order valence-corrected chi connectivity index (χ4v) is 4.96. The summed E-state index contributed by atoms with van der Waals surface area (Å²) in [7, 11) is 0. The van der Waals surface area contributed by atoms with E-state index in [9.17, 15) is 9.90 Å². The van der Waals surface area contributed by atoms with Crippen LogP contribution in [0.5, 0.6) is 5.88 Å². The topological polar surface area (TPSA) is 77.9 Å². The molecule has 3 heterocycles. The number of hydrogen-bond donors (Lipinski definition) is 2. The minimum absolute atomic E-state index is 0.00447. The molecule has 2 aliphatic rings. The SMILES string of the molecule is Cc1cc(O)nc2ccc(NC(=O)c3cc(CN4CCCOCC4)ccc3N3CCCC3)cc12. The van der Waals surface area contributed by atoms with Gasteiger partial charge in [0, 0.05) is 62.2 Å². The molecule has 2 saturated heterocycles. The molecule has 7 heteroatoms. The molecular weight excluding hydrogens is 428 g/mol. The van der Waals surface area contributed by atoms with Crippen LogP contribution in [0.1, 0.15) is 40.7 Å². The number of carbonyl (C=O) groups excluding carboxylic acids is 1. The van der Waals surface area contributed by atoms with Crippen molar-refractivity contribution in [3.63, 3.8) is 0 Å². The lowest BCUT2D eigenvalue weighted by Gasteiger charge is -2.24. The normalized spacial score (nSPS) is 17.1. The van der Waals surface area contributed by atoms with Gasteiger partial charge in [0.1, 0.15) is 0 Å². The molecule has 34 heavy (non-hydrogen) atoms. The molecule has 2 N–H and O–H groups in total. The predicted octanol–water partition coefficient (Wildman–Crippen LogP) is 4.32. The van der Waals surface area contributed by atoms with Crippen molar-refractivity contribution in [2.45, 2.75) is 32.7 Å². The Bertz CT molecular complexity index is 1180. The number of amides is 1. The summed E-state index contributed by atoms with van der Waals surface area (Å²) in [5, 5.41) is 13.8. The summed E-state index contributed by atoms with van der Waals surface area (Å²) in [6, 6.07) is 13.6. The van der Waals surface area contributed by atoms with Crippen LogP contribution in [0.4, 0.5) is 11.4 Å². The smallest absolute Gasteiger partial charge is 0.257 e. The van der Waals surface area contributed by atoms with Gasteiger partial charge in [0.05, 0.1) is 17.7 Å². The summed E-state index contributed by atoms with van der Waals surface area (Å²) < 4.78 is 5.59. The average Bonchev–Trinajstić information content (AvgIpc) is 3.24. The van der Waals surface area contributed by atoms with E-state index in [1.165, 1.54) is 0 Å². The number of ether oxygens (including phenoxy) is 1. The van der Waals surface area contributed by atoms with Gasteiger partial charge in [-0.3, -0.25) is 9.69 Å². The maximum atomic E-state index is 13.5. The summed E-state index contributed by atoms with van der Waals surface area (Å²) in [5.74, 6) is -0.100. The lowest BCUT2D eigenvalue weighted by Crippen LogP contribution is -2.27. The van der Waals surface area contributed by atoms with Crippen molar-refractivity contribution in [1.29, 1.82) is 0 Å². The van der Waals surface area contributed by atoms with Gasteiger partial charge in [0.25, 0.3) is 5.91 Å². The second-order valence-corrected chi connectivity index (χ2v) is 9.27. The number of nitrogens with zero attached hydrogens (tertiary/aromatic N) is 3. The molecule has 2 aromatic carbocycles. The Balaban J connectivity index is 1.42. The Hall–Kier alpha value is -3.16. The first-order valence-corrected chi connectivity index (χ1v) is 12.2. The predicted molar refractivity (Wildman–Crippen MR) is 135 cm³/mol. The van der Waals surface area contributed by atoms with Crippen molar-refractivity contribution in [2.75, 3.05) is 49.6 Å². The Morgan fingerprint density at radius 3 is 2.74 bits per heavy atom. The molecule has 0 spiro atoms. The second kappa shape index (κ2) is 9.99. The average molecular weight is 461 g/mol. The Kier molecular flexibility index (Phi) is 6.65. The molecule has 1 aromatic heterocycles. The molecule has 178 valence electrons. The van der Waals surface area contributed by atoms with Gasteiger partial charge in [-0.1, -0.05) is 6.07 Å². The highest BCUT2D eigenvalue weighted by Crippen LogP contribution is 2.29. The minimum atomic E-state index is -0.105. The quantitative estimate of drug-likeness (QED) is 0.590. The molecule has 0 radical (unpaired) electrons. The van der Waals surface area contributed by atoms with Crippen LogP contribution in [0.3, 0.4) is 0 Å². The zero-order valence-electron chi connectivity index (χ0n) is 19.7. The zero-order chi connectivity index (χ0) is 23.5. The van der Waals surface area contributed by atoms with E-state index >= 15 is 0 Å². The number of carbonyl (C=O) groups is 1. The number of pyridine rings is 1. The van der Waals surface area contributed by atoms with E-state index in [-0.39, 0.29) is 11.8 Å². The van der Waals surface area contributed by atoms with Crippen LogP contribution in [0.15, 0.2) is 42.5 Å². The van der Waals surface area contributed by atoms with Gasteiger partial charge >= 0.3 is 0 Å². The van der Waals surface area contributed by atoms with Crippen LogP contribution < -0.4 is 10.2 Å². The van der Waals surface area contributed by atoms with Crippen LogP contribution >= 0.6 is 0 Å². The summed E-state index contributed by atoms with van der Waals surface area (Å²) >= 11 is 0. The second-order valence-electron chi connectivity index (χ2n) is 9.27. The number of aromatic hydroxyl groups is 1. The van der Waals surface area contributed by atoms with Crippen molar-refractivity contribution in [2.24, 2.45) is 0 Å². The highest BCUT2D eigenvalue weighted by molar-refractivity contribution is 6.09. The van der Waals surface area contributed by atoms with Crippen LogP contribution in [0, 0.1) is 6.92 Å². The molecule has 7 nitrogen and oxygen atoms in total. The molecular formula is C27H32N4O3. The summed E-state index contributed by atoms with van der Waals surface area (Å²) in [6.07, 6.45) is 3.34. The molecule has 2 fully saturated rings. The van der Waals surface area contributed by atoms with Crippen molar-refractivity contribution in [3.05, 3.63) is 59.2 Å². The molecule has 0 unspecified atom stereocenters. The Morgan fingerprint density at radius 1 is 1.03 bits per heavy atom. The summed E-state index contributed by atoms with van der Waals surface area (Å²) in [6.45, 7) is 8.20. The number of benzene rings is 2. The molecule has 1 amide bonds. The van der Waals surface area contributed by atoms with Crippen LogP contribution in [0.2, 0.25) is 0 Å². The van der Waals surface area contributed by atoms with Gasteiger partial charge in [0.2, 0.25) is 5.88 Å². The molecule has 0 bridgehead atoms. The molecule has 3 aromatic rings. The maximum Gasteiger partial charge on any atom is 0.257 e. The fraction of sp³-hybridized carbons (Fsp3) is 0.407. The van der Waals surface area contributed by atoms with E-state index < -0.39 is 0 Å².